The predicted octanol–water partition coefficient (Wildman–Crippen LogP) is -6.73. The zero-order valence-electron chi connectivity index (χ0n) is 8.91. The minimum Gasteiger partial charge on any atom is -0.756 e. The number of ether oxygens (including phenoxy) is 1. The molecular weight excluding hydrogens is 270 g/mol. The molecular formula is C6H12NaO9P. The minimum atomic E-state index is -4.98. The molecule has 5 N–H and O–H groups in total. The Morgan fingerprint density at radius 2 is 1.71 bits per heavy atom. The molecule has 0 aromatic rings. The second-order valence-electron chi connectivity index (χ2n) is 3.30. The van der Waals surface area contributed by atoms with Crippen LogP contribution in [0.25, 0.3) is 0 Å². The number of hydrogen-bond donors (Lipinski definition) is 5. The van der Waals surface area contributed by atoms with Crippen molar-refractivity contribution in [1.29, 1.82) is 0 Å². The number of aliphatic hydroxyl groups excluding tert-OH is 4. The van der Waals surface area contributed by atoms with E-state index >= 15 is 0 Å². The van der Waals surface area contributed by atoms with Gasteiger partial charge in [-0.05, 0) is 0 Å². The average molecular weight is 282 g/mol. The van der Waals surface area contributed by atoms with Crippen LogP contribution in [-0.4, -0.2) is 62.6 Å². The Bertz CT molecular complexity index is 283. The SMILES string of the molecule is O=P([O-])(O)OC[C@H]1OC(O)[C@@H](O)[C@@H](O)[C@@H]1O.[Na+]. The first-order chi connectivity index (χ1) is 7.22. The molecule has 1 aliphatic rings. The molecule has 1 fully saturated rings. The number of rotatable bonds is 3. The normalized spacial score (nSPS) is 41.4. The Morgan fingerprint density at radius 3 is 2.18 bits per heavy atom. The zero-order chi connectivity index (χ0) is 12.5. The van der Waals surface area contributed by atoms with Crippen molar-refractivity contribution in [1.82, 2.24) is 0 Å². The molecule has 0 bridgehead atoms. The fourth-order valence-corrected chi connectivity index (χ4v) is 1.57. The van der Waals surface area contributed by atoms with Gasteiger partial charge < -0.3 is 39.5 Å². The van der Waals surface area contributed by atoms with Gasteiger partial charge in [-0.2, -0.15) is 0 Å². The fraction of sp³-hybridized carbons (Fsp3) is 1.00. The molecule has 1 heterocycles. The van der Waals surface area contributed by atoms with Crippen molar-refractivity contribution in [2.24, 2.45) is 0 Å². The van der Waals surface area contributed by atoms with Gasteiger partial charge in [0.2, 0.25) is 0 Å². The summed E-state index contributed by atoms with van der Waals surface area (Å²) in [5.74, 6) is 0. The number of phosphoric ester groups is 1. The summed E-state index contributed by atoms with van der Waals surface area (Å²) < 4.78 is 18.8. The molecule has 0 aromatic heterocycles. The molecule has 6 atom stereocenters. The van der Waals surface area contributed by atoms with E-state index in [-0.39, 0.29) is 29.6 Å². The van der Waals surface area contributed by atoms with Crippen molar-refractivity contribution < 1.29 is 73.6 Å². The van der Waals surface area contributed by atoms with Gasteiger partial charge in [-0.15, -0.1) is 0 Å². The summed E-state index contributed by atoms with van der Waals surface area (Å²) in [7, 11) is -4.98. The summed E-state index contributed by atoms with van der Waals surface area (Å²) in [6, 6.07) is 0. The molecule has 17 heavy (non-hydrogen) atoms. The van der Waals surface area contributed by atoms with Crippen LogP contribution in [0.4, 0.5) is 0 Å². The third-order valence-electron chi connectivity index (χ3n) is 2.09. The van der Waals surface area contributed by atoms with Crippen molar-refractivity contribution in [3.8, 4) is 0 Å². The standard InChI is InChI=1S/C6H13O9P.Na/c7-3-2(1-14-16(11,12)13)15-6(10)5(9)4(3)8;/h2-10H,1H2,(H2,11,12,13);/q;+1/p-1/t2-,3-,4+,5+,6?;/m1./s1. The van der Waals surface area contributed by atoms with Crippen LogP contribution in [0.15, 0.2) is 0 Å². The van der Waals surface area contributed by atoms with Gasteiger partial charge in [0.05, 0.1) is 6.61 Å². The molecule has 0 aliphatic carbocycles. The van der Waals surface area contributed by atoms with Gasteiger partial charge in [-0.3, -0.25) is 4.57 Å². The summed E-state index contributed by atoms with van der Waals surface area (Å²) in [6.45, 7) is -0.792. The van der Waals surface area contributed by atoms with Crippen molar-refractivity contribution >= 4 is 7.82 Å². The first-order valence-electron chi connectivity index (χ1n) is 4.28. The Balaban J connectivity index is 0.00000256. The van der Waals surface area contributed by atoms with E-state index in [0.717, 1.165) is 0 Å². The smallest absolute Gasteiger partial charge is 0.756 e. The fourth-order valence-electron chi connectivity index (χ4n) is 1.24. The Kier molecular flexibility index (Phi) is 7.27. The number of hydrogen-bond acceptors (Lipinski definition) is 8. The molecule has 0 aromatic carbocycles. The maximum absolute atomic E-state index is 10.3. The topological polar surface area (TPSA) is 160 Å². The van der Waals surface area contributed by atoms with Gasteiger partial charge in [0, 0.05) is 0 Å². The largest absolute Gasteiger partial charge is 1.00 e. The van der Waals surface area contributed by atoms with Crippen LogP contribution in [0.2, 0.25) is 0 Å². The second kappa shape index (κ2) is 6.90. The van der Waals surface area contributed by atoms with Crippen molar-refractivity contribution in [3.05, 3.63) is 0 Å². The molecule has 9 nitrogen and oxygen atoms in total. The van der Waals surface area contributed by atoms with Crippen LogP contribution in [0.1, 0.15) is 0 Å². The molecule has 0 saturated carbocycles. The maximum atomic E-state index is 10.3. The molecule has 1 saturated heterocycles. The van der Waals surface area contributed by atoms with Crippen molar-refractivity contribution in [2.45, 2.75) is 30.7 Å². The predicted molar refractivity (Wildman–Crippen MR) is 44.7 cm³/mol. The Morgan fingerprint density at radius 1 is 1.18 bits per heavy atom. The van der Waals surface area contributed by atoms with Crippen LogP contribution < -0.4 is 34.5 Å². The van der Waals surface area contributed by atoms with Gasteiger partial charge >= 0.3 is 29.6 Å². The monoisotopic (exact) mass is 282 g/mol. The van der Waals surface area contributed by atoms with Crippen LogP contribution in [0.5, 0.6) is 0 Å². The zero-order valence-corrected chi connectivity index (χ0v) is 11.8. The van der Waals surface area contributed by atoms with E-state index in [4.69, 9.17) is 15.1 Å². The molecule has 2 unspecified atom stereocenters. The minimum absolute atomic E-state index is 0. The van der Waals surface area contributed by atoms with Crippen molar-refractivity contribution in [2.75, 3.05) is 6.61 Å². The summed E-state index contributed by atoms with van der Waals surface area (Å²) >= 11 is 0. The summed E-state index contributed by atoms with van der Waals surface area (Å²) in [4.78, 5) is 18.5. The van der Waals surface area contributed by atoms with Crippen LogP contribution in [0.3, 0.4) is 0 Å². The molecule has 11 heteroatoms. The van der Waals surface area contributed by atoms with E-state index in [1.807, 2.05) is 0 Å². The van der Waals surface area contributed by atoms with Crippen molar-refractivity contribution in [3.63, 3.8) is 0 Å². The van der Waals surface area contributed by atoms with E-state index in [2.05, 4.69) is 9.26 Å². The Labute approximate surface area is 119 Å². The molecule has 0 spiro atoms. The summed E-state index contributed by atoms with van der Waals surface area (Å²) in [5.41, 5.74) is 0. The van der Waals surface area contributed by atoms with E-state index < -0.39 is 45.1 Å². The quantitative estimate of drug-likeness (QED) is 0.250. The average Bonchev–Trinajstić information content (AvgIpc) is 2.17. The number of phosphoric acid groups is 1. The maximum Gasteiger partial charge on any atom is 1.00 e. The van der Waals surface area contributed by atoms with Gasteiger partial charge in [0.1, 0.15) is 24.4 Å². The Hall–Kier alpha value is 0.910. The summed E-state index contributed by atoms with van der Waals surface area (Å²) in [5, 5.41) is 36.7. The van der Waals surface area contributed by atoms with Crippen LogP contribution in [0, 0.1) is 0 Å². The van der Waals surface area contributed by atoms with E-state index in [1.54, 1.807) is 0 Å². The number of aliphatic hydroxyl groups is 4. The van der Waals surface area contributed by atoms with E-state index in [0.29, 0.717) is 0 Å². The molecule has 0 radical (unpaired) electrons. The molecule has 96 valence electrons. The molecule has 1 aliphatic heterocycles. The van der Waals surface area contributed by atoms with Gasteiger partial charge in [0.25, 0.3) is 7.82 Å². The first kappa shape index (κ1) is 17.9. The molecule has 0 amide bonds. The first-order valence-corrected chi connectivity index (χ1v) is 5.78. The second-order valence-corrected chi connectivity index (χ2v) is 4.50. The van der Waals surface area contributed by atoms with Crippen LogP contribution >= 0.6 is 7.82 Å². The van der Waals surface area contributed by atoms with Crippen LogP contribution in [-0.2, 0) is 13.8 Å². The third-order valence-corrected chi connectivity index (χ3v) is 2.56. The van der Waals surface area contributed by atoms with Gasteiger partial charge in [0.15, 0.2) is 6.29 Å². The van der Waals surface area contributed by atoms with E-state index in [1.165, 1.54) is 0 Å². The third kappa shape index (κ3) is 5.19. The van der Waals surface area contributed by atoms with E-state index in [9.17, 15) is 19.7 Å². The summed E-state index contributed by atoms with van der Waals surface area (Å²) in [6.07, 6.45) is -8.23. The van der Waals surface area contributed by atoms with Gasteiger partial charge in [-0.25, -0.2) is 0 Å². The molecule has 1 rings (SSSR count). The van der Waals surface area contributed by atoms with Gasteiger partial charge in [-0.1, -0.05) is 0 Å².